The van der Waals surface area contributed by atoms with Crippen LogP contribution in [0, 0.1) is 0 Å². The van der Waals surface area contributed by atoms with Crippen LogP contribution in [0.3, 0.4) is 0 Å². The van der Waals surface area contributed by atoms with Gasteiger partial charge in [-0.1, -0.05) is 18.2 Å². The molecule has 3 heterocycles. The van der Waals surface area contributed by atoms with E-state index in [1.807, 2.05) is 38.4 Å². The van der Waals surface area contributed by atoms with Gasteiger partial charge in [-0.25, -0.2) is 18.4 Å². The maximum Gasteiger partial charge on any atom is 0.243 e. The lowest BCUT2D eigenvalue weighted by atomic mass is 10.1. The van der Waals surface area contributed by atoms with Crippen molar-refractivity contribution >= 4 is 33.3 Å². The molecule has 5 rings (SSSR count). The van der Waals surface area contributed by atoms with Crippen LogP contribution in [0.15, 0.2) is 59.6 Å². The number of sulfonamides is 1. The molecular formula is C24H26N6O3S. The summed E-state index contributed by atoms with van der Waals surface area (Å²) in [4.78, 5) is 23.6. The number of nitrogens with zero attached hydrogens (tertiary/aromatic N) is 4. The highest BCUT2D eigenvalue weighted by atomic mass is 32.2. The second-order valence-corrected chi connectivity index (χ2v) is 10.7. The molecule has 2 aromatic carbocycles. The van der Waals surface area contributed by atoms with Gasteiger partial charge in [-0.2, -0.15) is 4.31 Å². The van der Waals surface area contributed by atoms with Gasteiger partial charge in [0, 0.05) is 42.1 Å². The minimum absolute atomic E-state index is 0.109. The van der Waals surface area contributed by atoms with Gasteiger partial charge >= 0.3 is 0 Å². The summed E-state index contributed by atoms with van der Waals surface area (Å²) in [5.41, 5.74) is 3.65. The fraction of sp³-hybridized carbons (Fsp3) is 0.292. The van der Waals surface area contributed by atoms with Crippen molar-refractivity contribution in [2.75, 3.05) is 37.8 Å². The van der Waals surface area contributed by atoms with E-state index in [2.05, 4.69) is 25.5 Å². The van der Waals surface area contributed by atoms with Gasteiger partial charge in [0.1, 0.15) is 0 Å². The number of rotatable bonds is 5. The molecular weight excluding hydrogens is 452 g/mol. The largest absolute Gasteiger partial charge is 0.325 e. The van der Waals surface area contributed by atoms with Crippen molar-refractivity contribution in [2.45, 2.75) is 23.8 Å². The number of para-hydroxylation sites is 1. The van der Waals surface area contributed by atoms with Gasteiger partial charge in [0.05, 0.1) is 22.7 Å². The molecule has 3 aromatic rings. The van der Waals surface area contributed by atoms with Crippen molar-refractivity contribution in [2.24, 2.45) is 0 Å². The topological polar surface area (TPSA) is 108 Å². The number of anilines is 3. The van der Waals surface area contributed by atoms with Gasteiger partial charge in [-0.15, -0.1) is 0 Å². The highest BCUT2D eigenvalue weighted by Crippen LogP contribution is 2.33. The minimum atomic E-state index is -3.54. The standard InChI is InChI=1S/C24H26N6O3S/c1-29(2)18-11-12-30(15-18)34(32,33)19-9-7-17(8-10-19)26-24-25-14-16-13-22(31)27-21-6-4-3-5-20(21)23(16)28-24/h3-10,14,18H,11-13,15H2,1-2H3,(H,27,31)(H,25,26,28)/t18-/m1/s1. The monoisotopic (exact) mass is 478 g/mol. The summed E-state index contributed by atoms with van der Waals surface area (Å²) in [5, 5.41) is 6.04. The van der Waals surface area contributed by atoms with E-state index in [1.165, 1.54) is 0 Å². The highest BCUT2D eigenvalue weighted by molar-refractivity contribution is 7.89. The first kappa shape index (κ1) is 22.5. The Labute approximate surface area is 198 Å². The Morgan fingerprint density at radius 2 is 1.88 bits per heavy atom. The number of carbonyl (C=O) groups excluding carboxylic acids is 1. The van der Waals surface area contributed by atoms with Crippen LogP contribution in [0.1, 0.15) is 12.0 Å². The fourth-order valence-electron chi connectivity index (χ4n) is 4.33. The molecule has 10 heteroatoms. The second kappa shape index (κ2) is 8.79. The van der Waals surface area contributed by atoms with Gasteiger partial charge in [-0.3, -0.25) is 4.79 Å². The van der Waals surface area contributed by atoms with Crippen LogP contribution >= 0.6 is 0 Å². The molecule has 34 heavy (non-hydrogen) atoms. The van der Waals surface area contributed by atoms with Gasteiger partial charge in [-0.05, 0) is 50.8 Å². The predicted octanol–water partition coefficient (Wildman–Crippen LogP) is 2.71. The van der Waals surface area contributed by atoms with Crippen molar-refractivity contribution in [3.63, 3.8) is 0 Å². The summed E-state index contributed by atoms with van der Waals surface area (Å²) >= 11 is 0. The van der Waals surface area contributed by atoms with E-state index in [4.69, 9.17) is 0 Å². The molecule has 1 aromatic heterocycles. The summed E-state index contributed by atoms with van der Waals surface area (Å²) in [6.07, 6.45) is 2.67. The van der Waals surface area contributed by atoms with Crippen LogP contribution in [0.5, 0.6) is 0 Å². The summed E-state index contributed by atoms with van der Waals surface area (Å²) in [7, 11) is 0.401. The molecule has 0 saturated carbocycles. The summed E-state index contributed by atoms with van der Waals surface area (Å²) in [6.45, 7) is 1.02. The molecule has 9 nitrogen and oxygen atoms in total. The van der Waals surface area contributed by atoms with Crippen molar-refractivity contribution in [1.82, 2.24) is 19.2 Å². The van der Waals surface area contributed by atoms with Gasteiger partial charge < -0.3 is 15.5 Å². The summed E-state index contributed by atoms with van der Waals surface area (Å²) in [6, 6.07) is 14.4. The Morgan fingerprint density at radius 1 is 1.12 bits per heavy atom. The summed E-state index contributed by atoms with van der Waals surface area (Å²) < 4.78 is 27.6. The normalized spacial score (nSPS) is 18.2. The average molecular weight is 479 g/mol. The Hall–Kier alpha value is -3.34. The van der Waals surface area contributed by atoms with E-state index >= 15 is 0 Å². The first-order valence-electron chi connectivity index (χ1n) is 11.1. The number of benzene rings is 2. The lowest BCUT2D eigenvalue weighted by Crippen LogP contribution is -2.34. The smallest absolute Gasteiger partial charge is 0.243 e. The van der Waals surface area contributed by atoms with Crippen LogP contribution < -0.4 is 10.6 Å². The zero-order chi connectivity index (χ0) is 23.9. The third kappa shape index (κ3) is 4.27. The average Bonchev–Trinajstić information content (AvgIpc) is 3.28. The number of hydrogen-bond donors (Lipinski definition) is 2. The van der Waals surface area contributed by atoms with Crippen molar-refractivity contribution in [3.8, 4) is 11.3 Å². The molecule has 0 radical (unpaired) electrons. The molecule has 2 aliphatic heterocycles. The fourth-order valence-corrected chi connectivity index (χ4v) is 5.83. The second-order valence-electron chi connectivity index (χ2n) is 8.76. The van der Waals surface area contributed by atoms with Crippen molar-refractivity contribution in [1.29, 1.82) is 0 Å². The van der Waals surface area contributed by atoms with E-state index < -0.39 is 10.0 Å². The first-order chi connectivity index (χ1) is 16.3. The Balaban J connectivity index is 1.37. The van der Waals surface area contributed by atoms with E-state index in [0.29, 0.717) is 36.1 Å². The predicted molar refractivity (Wildman–Crippen MR) is 130 cm³/mol. The lowest BCUT2D eigenvalue weighted by molar-refractivity contribution is -0.115. The van der Waals surface area contributed by atoms with E-state index in [1.54, 1.807) is 34.8 Å². The van der Waals surface area contributed by atoms with Gasteiger partial charge in [0.15, 0.2) is 0 Å². The van der Waals surface area contributed by atoms with Crippen molar-refractivity contribution < 1.29 is 13.2 Å². The van der Waals surface area contributed by atoms with Gasteiger partial charge in [0.2, 0.25) is 21.9 Å². The summed E-state index contributed by atoms with van der Waals surface area (Å²) in [5.74, 6) is 0.258. The number of carbonyl (C=O) groups is 1. The molecule has 176 valence electrons. The molecule has 2 aliphatic rings. The third-order valence-corrected chi connectivity index (χ3v) is 8.16. The molecule has 1 amide bonds. The van der Waals surface area contributed by atoms with Crippen LogP contribution in [0.4, 0.5) is 17.3 Å². The number of amides is 1. The van der Waals surface area contributed by atoms with Gasteiger partial charge in [0.25, 0.3) is 0 Å². The van der Waals surface area contributed by atoms with Crippen LogP contribution in [-0.4, -0.2) is 66.7 Å². The lowest BCUT2D eigenvalue weighted by Gasteiger charge is -2.20. The van der Waals surface area contributed by atoms with Crippen LogP contribution in [-0.2, 0) is 21.2 Å². The molecule has 1 saturated heterocycles. The minimum Gasteiger partial charge on any atom is -0.325 e. The molecule has 0 unspecified atom stereocenters. The SMILES string of the molecule is CN(C)[C@@H]1CCN(S(=O)(=O)c2ccc(Nc3ncc4c(n3)-c3ccccc3NC(=O)C4)cc2)C1. The van der Waals surface area contributed by atoms with E-state index in [-0.39, 0.29) is 23.3 Å². The molecule has 1 atom stereocenters. The molecule has 2 N–H and O–H groups in total. The zero-order valence-corrected chi connectivity index (χ0v) is 19.8. The molecule has 0 bridgehead atoms. The maximum atomic E-state index is 13.0. The number of nitrogens with one attached hydrogen (secondary N) is 2. The number of aromatic nitrogens is 2. The van der Waals surface area contributed by atoms with E-state index in [0.717, 1.165) is 17.5 Å². The molecule has 1 fully saturated rings. The highest BCUT2D eigenvalue weighted by Gasteiger charge is 2.33. The molecule has 0 spiro atoms. The Morgan fingerprint density at radius 3 is 2.62 bits per heavy atom. The third-order valence-electron chi connectivity index (χ3n) is 6.28. The van der Waals surface area contributed by atoms with Crippen LogP contribution in [0.2, 0.25) is 0 Å². The Bertz CT molecular complexity index is 1340. The zero-order valence-electron chi connectivity index (χ0n) is 19.0. The maximum absolute atomic E-state index is 13.0. The molecule has 0 aliphatic carbocycles. The quantitative estimate of drug-likeness (QED) is 0.581. The van der Waals surface area contributed by atoms with Crippen molar-refractivity contribution in [3.05, 3.63) is 60.3 Å². The Kier molecular flexibility index (Phi) is 5.80. The van der Waals surface area contributed by atoms with Crippen LogP contribution in [0.25, 0.3) is 11.3 Å². The first-order valence-corrected chi connectivity index (χ1v) is 12.5. The number of hydrogen-bond acceptors (Lipinski definition) is 7. The van der Waals surface area contributed by atoms with E-state index in [9.17, 15) is 13.2 Å². The number of fused-ring (bicyclic) bond motifs is 3. The number of likely N-dealkylation sites (N-methyl/N-ethyl adjacent to an activating group) is 1.